The lowest BCUT2D eigenvalue weighted by Crippen LogP contribution is -2.64. The third-order valence-electron chi connectivity index (χ3n) is 2.57. The summed E-state index contributed by atoms with van der Waals surface area (Å²) in [5.74, 6) is -0.435. The highest BCUT2D eigenvalue weighted by molar-refractivity contribution is 6.02. The number of amides is 2. The predicted octanol–water partition coefficient (Wildman–Crippen LogP) is -1.06. The first kappa shape index (κ1) is 11.1. The van der Waals surface area contributed by atoms with Crippen molar-refractivity contribution in [3.8, 4) is 0 Å². The molecule has 5 nitrogen and oxygen atoms in total. The van der Waals surface area contributed by atoms with Crippen LogP contribution in [-0.2, 0) is 9.59 Å². The summed E-state index contributed by atoms with van der Waals surface area (Å²) < 4.78 is 0. The van der Waals surface area contributed by atoms with Crippen LogP contribution in [0.25, 0.3) is 0 Å². The largest absolute Gasteiger partial charge is 0.318 e. The molecule has 80 valence electrons. The van der Waals surface area contributed by atoms with Crippen molar-refractivity contribution < 1.29 is 9.59 Å². The Hall–Kier alpha value is -0.940. The van der Waals surface area contributed by atoms with Crippen LogP contribution in [0.1, 0.15) is 13.8 Å². The molecule has 0 atom stereocenters. The van der Waals surface area contributed by atoms with Gasteiger partial charge < -0.3 is 5.32 Å². The summed E-state index contributed by atoms with van der Waals surface area (Å²) in [6, 6.07) is 0. The molecule has 1 aliphatic rings. The van der Waals surface area contributed by atoms with Crippen molar-refractivity contribution >= 4 is 11.8 Å². The highest BCUT2D eigenvalue weighted by Gasteiger charge is 2.40. The minimum absolute atomic E-state index is 0.217. The second-order valence-electron chi connectivity index (χ2n) is 3.96. The Morgan fingerprint density at radius 1 is 1.50 bits per heavy atom. The molecule has 0 spiro atoms. The van der Waals surface area contributed by atoms with Crippen LogP contribution in [0.5, 0.6) is 0 Å². The van der Waals surface area contributed by atoms with Crippen molar-refractivity contribution in [3.63, 3.8) is 0 Å². The minimum Gasteiger partial charge on any atom is -0.318 e. The van der Waals surface area contributed by atoms with Gasteiger partial charge in [0.1, 0.15) is 0 Å². The van der Waals surface area contributed by atoms with Gasteiger partial charge in [0.2, 0.25) is 11.8 Å². The maximum Gasteiger partial charge on any atom is 0.246 e. The van der Waals surface area contributed by atoms with Gasteiger partial charge in [-0.25, -0.2) is 0 Å². The molecule has 0 aromatic carbocycles. The van der Waals surface area contributed by atoms with E-state index in [-0.39, 0.29) is 11.8 Å². The molecule has 1 heterocycles. The minimum atomic E-state index is -0.592. The highest BCUT2D eigenvalue weighted by atomic mass is 16.2. The van der Waals surface area contributed by atoms with Crippen LogP contribution in [0.4, 0.5) is 0 Å². The van der Waals surface area contributed by atoms with E-state index in [4.69, 9.17) is 0 Å². The quantitative estimate of drug-likeness (QED) is 0.569. The van der Waals surface area contributed by atoms with Crippen molar-refractivity contribution in [2.75, 3.05) is 26.7 Å². The number of hydrogen-bond donors (Lipinski definition) is 2. The number of piperazine rings is 1. The Kier molecular flexibility index (Phi) is 3.23. The lowest BCUT2D eigenvalue weighted by molar-refractivity contribution is -0.145. The molecule has 1 aliphatic heterocycles. The molecule has 0 aromatic rings. The van der Waals surface area contributed by atoms with E-state index in [1.165, 1.54) is 0 Å². The maximum atomic E-state index is 11.5. The molecule has 14 heavy (non-hydrogen) atoms. The molecule has 0 aliphatic carbocycles. The molecule has 5 heteroatoms. The number of carbonyl (C=O) groups excluding carboxylic acids is 2. The van der Waals surface area contributed by atoms with Gasteiger partial charge in [0, 0.05) is 13.1 Å². The van der Waals surface area contributed by atoms with E-state index in [0.717, 1.165) is 6.54 Å². The van der Waals surface area contributed by atoms with Crippen LogP contribution in [0.3, 0.4) is 0 Å². The smallest absolute Gasteiger partial charge is 0.246 e. The van der Waals surface area contributed by atoms with Crippen LogP contribution in [0.2, 0.25) is 0 Å². The molecular weight excluding hydrogens is 182 g/mol. The molecule has 0 unspecified atom stereocenters. The zero-order valence-corrected chi connectivity index (χ0v) is 8.89. The molecule has 1 rings (SSSR count). The third-order valence-corrected chi connectivity index (χ3v) is 2.57. The third kappa shape index (κ3) is 2.10. The van der Waals surface area contributed by atoms with Gasteiger partial charge in [-0.1, -0.05) is 0 Å². The zero-order chi connectivity index (χ0) is 10.8. The van der Waals surface area contributed by atoms with Crippen molar-refractivity contribution in [2.24, 2.45) is 0 Å². The molecule has 2 amide bonds. The van der Waals surface area contributed by atoms with E-state index in [0.29, 0.717) is 13.1 Å². The van der Waals surface area contributed by atoms with Gasteiger partial charge in [-0.05, 0) is 20.9 Å². The Balaban J connectivity index is 2.69. The standard InChI is InChI=1S/C9H17N3O2/c1-9(2)8(14)11-7(13)6-12(9)5-4-10-3/h10H,4-6H2,1-3H3,(H,11,13,14). The molecule has 0 bridgehead atoms. The molecule has 0 aromatic heterocycles. The number of imide groups is 1. The van der Waals surface area contributed by atoms with Gasteiger partial charge in [-0.2, -0.15) is 0 Å². The fourth-order valence-corrected chi connectivity index (χ4v) is 1.44. The first-order chi connectivity index (χ1) is 6.48. The molecule has 1 saturated heterocycles. The Bertz CT molecular complexity index is 250. The van der Waals surface area contributed by atoms with Crippen molar-refractivity contribution in [2.45, 2.75) is 19.4 Å². The lowest BCUT2D eigenvalue weighted by Gasteiger charge is -2.40. The molecule has 0 radical (unpaired) electrons. The fourth-order valence-electron chi connectivity index (χ4n) is 1.44. The van der Waals surface area contributed by atoms with E-state index in [9.17, 15) is 9.59 Å². The number of nitrogens with zero attached hydrogens (tertiary/aromatic N) is 1. The molecule has 1 fully saturated rings. The van der Waals surface area contributed by atoms with Crippen LogP contribution in [0, 0.1) is 0 Å². The maximum absolute atomic E-state index is 11.5. The Morgan fingerprint density at radius 2 is 2.14 bits per heavy atom. The Morgan fingerprint density at radius 3 is 2.71 bits per heavy atom. The van der Waals surface area contributed by atoms with Crippen molar-refractivity contribution in [3.05, 3.63) is 0 Å². The summed E-state index contributed by atoms with van der Waals surface area (Å²) in [6.45, 7) is 5.40. The fraction of sp³-hybridized carbons (Fsp3) is 0.778. The number of likely N-dealkylation sites (N-methyl/N-ethyl adjacent to an activating group) is 1. The van der Waals surface area contributed by atoms with E-state index < -0.39 is 5.54 Å². The summed E-state index contributed by atoms with van der Waals surface area (Å²) in [5.41, 5.74) is -0.592. The van der Waals surface area contributed by atoms with Gasteiger partial charge in [-0.15, -0.1) is 0 Å². The second-order valence-corrected chi connectivity index (χ2v) is 3.96. The van der Waals surface area contributed by atoms with Crippen molar-refractivity contribution in [1.82, 2.24) is 15.5 Å². The van der Waals surface area contributed by atoms with E-state index >= 15 is 0 Å². The van der Waals surface area contributed by atoms with Crippen LogP contribution < -0.4 is 10.6 Å². The monoisotopic (exact) mass is 199 g/mol. The number of nitrogens with one attached hydrogen (secondary N) is 2. The van der Waals surface area contributed by atoms with Crippen LogP contribution in [-0.4, -0.2) is 48.9 Å². The average Bonchev–Trinajstić information content (AvgIpc) is 2.09. The number of carbonyl (C=O) groups is 2. The SMILES string of the molecule is CNCCN1CC(=O)NC(=O)C1(C)C. The van der Waals surface area contributed by atoms with Gasteiger partial charge in [0.25, 0.3) is 0 Å². The second kappa shape index (κ2) is 4.06. The summed E-state index contributed by atoms with van der Waals surface area (Å²) in [4.78, 5) is 24.5. The molecule has 0 saturated carbocycles. The highest BCUT2D eigenvalue weighted by Crippen LogP contribution is 2.16. The van der Waals surface area contributed by atoms with E-state index in [1.807, 2.05) is 25.8 Å². The van der Waals surface area contributed by atoms with Crippen LogP contribution in [0.15, 0.2) is 0 Å². The number of hydrogen-bond acceptors (Lipinski definition) is 4. The summed E-state index contributed by atoms with van der Waals surface area (Å²) >= 11 is 0. The van der Waals surface area contributed by atoms with Gasteiger partial charge in [0.05, 0.1) is 12.1 Å². The van der Waals surface area contributed by atoms with E-state index in [1.54, 1.807) is 0 Å². The van der Waals surface area contributed by atoms with E-state index in [2.05, 4.69) is 10.6 Å². The van der Waals surface area contributed by atoms with Gasteiger partial charge >= 0.3 is 0 Å². The summed E-state index contributed by atoms with van der Waals surface area (Å²) in [5, 5.41) is 5.33. The van der Waals surface area contributed by atoms with Crippen molar-refractivity contribution in [1.29, 1.82) is 0 Å². The predicted molar refractivity (Wildman–Crippen MR) is 52.7 cm³/mol. The molecular formula is C9H17N3O2. The first-order valence-corrected chi connectivity index (χ1v) is 4.72. The van der Waals surface area contributed by atoms with Crippen LogP contribution >= 0.6 is 0 Å². The van der Waals surface area contributed by atoms with Gasteiger partial charge in [-0.3, -0.25) is 19.8 Å². The first-order valence-electron chi connectivity index (χ1n) is 4.72. The van der Waals surface area contributed by atoms with Gasteiger partial charge in [0.15, 0.2) is 0 Å². The summed E-state index contributed by atoms with van der Waals surface area (Å²) in [7, 11) is 1.85. The summed E-state index contributed by atoms with van der Waals surface area (Å²) in [6.07, 6.45) is 0. The lowest BCUT2D eigenvalue weighted by atomic mass is 9.99. The average molecular weight is 199 g/mol. The topological polar surface area (TPSA) is 61.4 Å². The normalized spacial score (nSPS) is 22.2. The zero-order valence-electron chi connectivity index (χ0n) is 8.89. The number of rotatable bonds is 3. The molecule has 2 N–H and O–H groups in total. The Labute approximate surface area is 83.8 Å².